The lowest BCUT2D eigenvalue weighted by Gasteiger charge is -2.34. The van der Waals surface area contributed by atoms with Crippen molar-refractivity contribution in [3.63, 3.8) is 0 Å². The van der Waals surface area contributed by atoms with Crippen LogP contribution in [0.2, 0.25) is 0 Å². The molecule has 1 aliphatic rings. The van der Waals surface area contributed by atoms with Crippen molar-refractivity contribution in [1.29, 1.82) is 0 Å². The molecule has 1 aromatic rings. The summed E-state index contributed by atoms with van der Waals surface area (Å²) in [5.74, 6) is 1.23. The zero-order chi connectivity index (χ0) is 15.1. The summed E-state index contributed by atoms with van der Waals surface area (Å²) in [6.07, 6.45) is 1.62. The van der Waals surface area contributed by atoms with Crippen molar-refractivity contribution in [3.8, 4) is 5.75 Å². The van der Waals surface area contributed by atoms with Gasteiger partial charge >= 0.3 is 0 Å². The number of piperazine rings is 1. The molecule has 1 fully saturated rings. The van der Waals surface area contributed by atoms with E-state index in [2.05, 4.69) is 24.0 Å². The van der Waals surface area contributed by atoms with Crippen molar-refractivity contribution in [1.82, 2.24) is 9.80 Å². The number of carbonyl (C=O) groups is 1. The summed E-state index contributed by atoms with van der Waals surface area (Å²) >= 11 is 0. The smallest absolute Gasteiger partial charge is 0.222 e. The van der Waals surface area contributed by atoms with Gasteiger partial charge in [0.2, 0.25) is 5.91 Å². The van der Waals surface area contributed by atoms with Crippen LogP contribution in [0.25, 0.3) is 0 Å². The van der Waals surface area contributed by atoms with Crippen molar-refractivity contribution in [2.24, 2.45) is 0 Å². The first kappa shape index (κ1) is 15.8. The molecule has 4 heteroatoms. The van der Waals surface area contributed by atoms with Gasteiger partial charge in [0.1, 0.15) is 5.75 Å². The highest BCUT2D eigenvalue weighted by atomic mass is 16.5. The van der Waals surface area contributed by atoms with Crippen LogP contribution in [-0.4, -0.2) is 48.5 Å². The van der Waals surface area contributed by atoms with E-state index in [4.69, 9.17) is 4.74 Å². The van der Waals surface area contributed by atoms with Crippen LogP contribution in [0.15, 0.2) is 24.3 Å². The van der Waals surface area contributed by atoms with Gasteiger partial charge in [-0.15, -0.1) is 0 Å². The largest absolute Gasteiger partial charge is 0.494 e. The Bertz CT molecular complexity index is 437. The minimum atomic E-state index is 0.304. The molecule has 2 rings (SSSR count). The lowest BCUT2D eigenvalue weighted by molar-refractivity contribution is -0.133. The Labute approximate surface area is 127 Å². The maximum Gasteiger partial charge on any atom is 0.222 e. The molecule has 1 aliphatic heterocycles. The number of benzene rings is 1. The molecule has 0 spiro atoms. The van der Waals surface area contributed by atoms with Crippen LogP contribution in [0.1, 0.15) is 32.3 Å². The second-order valence-corrected chi connectivity index (χ2v) is 5.48. The van der Waals surface area contributed by atoms with Crippen molar-refractivity contribution < 1.29 is 9.53 Å². The van der Waals surface area contributed by atoms with Crippen molar-refractivity contribution >= 4 is 5.91 Å². The molecule has 116 valence electrons. The zero-order valence-corrected chi connectivity index (χ0v) is 13.2. The summed E-state index contributed by atoms with van der Waals surface area (Å²) < 4.78 is 5.46. The summed E-state index contributed by atoms with van der Waals surface area (Å²) in [7, 11) is 0. The van der Waals surface area contributed by atoms with E-state index >= 15 is 0 Å². The Hall–Kier alpha value is -1.55. The van der Waals surface area contributed by atoms with Gasteiger partial charge in [0.25, 0.3) is 0 Å². The summed E-state index contributed by atoms with van der Waals surface area (Å²) in [5, 5.41) is 0. The Balaban J connectivity index is 1.79. The van der Waals surface area contributed by atoms with Crippen molar-refractivity contribution in [3.05, 3.63) is 29.8 Å². The highest BCUT2D eigenvalue weighted by molar-refractivity contribution is 5.76. The third kappa shape index (κ3) is 4.74. The summed E-state index contributed by atoms with van der Waals surface area (Å²) in [4.78, 5) is 16.3. The number of nitrogens with zero attached hydrogens (tertiary/aromatic N) is 2. The van der Waals surface area contributed by atoms with Gasteiger partial charge in [-0.05, 0) is 31.0 Å². The van der Waals surface area contributed by atoms with E-state index in [1.807, 2.05) is 24.0 Å². The SMILES string of the molecule is CCCC(=O)N1CCN(Cc2ccc(OCC)cc2)CC1. The summed E-state index contributed by atoms with van der Waals surface area (Å²) in [6, 6.07) is 8.30. The average molecular weight is 290 g/mol. The van der Waals surface area contributed by atoms with Gasteiger partial charge in [-0.3, -0.25) is 9.69 Å². The third-order valence-electron chi connectivity index (χ3n) is 3.83. The average Bonchev–Trinajstić information content (AvgIpc) is 2.50. The van der Waals surface area contributed by atoms with Crippen LogP contribution in [0.4, 0.5) is 0 Å². The van der Waals surface area contributed by atoms with Crippen molar-refractivity contribution in [2.75, 3.05) is 32.8 Å². The zero-order valence-electron chi connectivity index (χ0n) is 13.2. The maximum absolute atomic E-state index is 11.9. The quantitative estimate of drug-likeness (QED) is 0.807. The van der Waals surface area contributed by atoms with Gasteiger partial charge < -0.3 is 9.64 Å². The van der Waals surface area contributed by atoms with E-state index < -0.39 is 0 Å². The molecule has 1 saturated heterocycles. The predicted molar refractivity (Wildman–Crippen MR) is 84.4 cm³/mol. The minimum Gasteiger partial charge on any atom is -0.494 e. The van der Waals surface area contributed by atoms with Crippen LogP contribution in [0.3, 0.4) is 0 Å². The molecule has 0 bridgehead atoms. The lowest BCUT2D eigenvalue weighted by atomic mass is 10.2. The fourth-order valence-corrected chi connectivity index (χ4v) is 2.64. The molecule has 0 atom stereocenters. The van der Waals surface area contributed by atoms with E-state index in [1.165, 1.54) is 5.56 Å². The number of carbonyl (C=O) groups excluding carboxylic acids is 1. The molecular formula is C17H26N2O2. The Morgan fingerprint density at radius 1 is 1.10 bits per heavy atom. The number of hydrogen-bond acceptors (Lipinski definition) is 3. The van der Waals surface area contributed by atoms with E-state index in [9.17, 15) is 4.79 Å². The fraction of sp³-hybridized carbons (Fsp3) is 0.588. The molecule has 0 N–H and O–H groups in total. The molecule has 0 saturated carbocycles. The third-order valence-corrected chi connectivity index (χ3v) is 3.83. The Morgan fingerprint density at radius 2 is 1.76 bits per heavy atom. The molecule has 1 amide bonds. The van der Waals surface area contributed by atoms with Crippen molar-refractivity contribution in [2.45, 2.75) is 33.2 Å². The molecule has 1 aromatic carbocycles. The molecule has 21 heavy (non-hydrogen) atoms. The second-order valence-electron chi connectivity index (χ2n) is 5.48. The highest BCUT2D eigenvalue weighted by Gasteiger charge is 2.20. The Kier molecular flexibility index (Phi) is 6.05. The van der Waals surface area contributed by atoms with Crippen LogP contribution in [-0.2, 0) is 11.3 Å². The Morgan fingerprint density at radius 3 is 2.33 bits per heavy atom. The summed E-state index contributed by atoms with van der Waals surface area (Å²) in [5.41, 5.74) is 1.30. The van der Waals surface area contributed by atoms with E-state index in [1.54, 1.807) is 0 Å². The number of hydrogen-bond donors (Lipinski definition) is 0. The first-order valence-corrected chi connectivity index (χ1v) is 7.94. The van der Waals surface area contributed by atoms with Gasteiger partial charge in [0.15, 0.2) is 0 Å². The normalized spacial score (nSPS) is 16.0. The number of ether oxygens (including phenoxy) is 1. The first-order valence-electron chi connectivity index (χ1n) is 7.94. The maximum atomic E-state index is 11.9. The van der Waals surface area contributed by atoms with E-state index in [0.717, 1.165) is 44.9 Å². The van der Waals surface area contributed by atoms with Crippen LogP contribution in [0.5, 0.6) is 5.75 Å². The topological polar surface area (TPSA) is 32.8 Å². The number of amides is 1. The monoisotopic (exact) mass is 290 g/mol. The van der Waals surface area contributed by atoms with Gasteiger partial charge in [0, 0.05) is 39.1 Å². The number of rotatable bonds is 6. The van der Waals surface area contributed by atoms with E-state index in [-0.39, 0.29) is 0 Å². The summed E-state index contributed by atoms with van der Waals surface area (Å²) in [6.45, 7) is 9.33. The van der Waals surface area contributed by atoms with Gasteiger partial charge in [-0.25, -0.2) is 0 Å². The van der Waals surface area contributed by atoms with Gasteiger partial charge in [-0.2, -0.15) is 0 Å². The van der Waals surface area contributed by atoms with Gasteiger partial charge in [0.05, 0.1) is 6.61 Å². The molecule has 4 nitrogen and oxygen atoms in total. The predicted octanol–water partition coefficient (Wildman–Crippen LogP) is 2.53. The molecule has 1 heterocycles. The van der Waals surface area contributed by atoms with E-state index in [0.29, 0.717) is 18.9 Å². The van der Waals surface area contributed by atoms with Crippen LogP contribution < -0.4 is 4.74 Å². The second kappa shape index (κ2) is 8.03. The fourth-order valence-electron chi connectivity index (χ4n) is 2.64. The molecular weight excluding hydrogens is 264 g/mol. The molecule has 0 unspecified atom stereocenters. The van der Waals surface area contributed by atoms with Crippen LogP contribution >= 0.6 is 0 Å². The molecule has 0 aromatic heterocycles. The molecule has 0 aliphatic carbocycles. The molecule has 0 radical (unpaired) electrons. The van der Waals surface area contributed by atoms with Gasteiger partial charge in [-0.1, -0.05) is 19.1 Å². The van der Waals surface area contributed by atoms with Crippen LogP contribution in [0, 0.1) is 0 Å². The standard InChI is InChI=1S/C17H26N2O2/c1-3-5-17(20)19-12-10-18(11-13-19)14-15-6-8-16(9-7-15)21-4-2/h6-9H,3-5,10-14H2,1-2H3. The highest BCUT2D eigenvalue weighted by Crippen LogP contribution is 2.15. The minimum absolute atomic E-state index is 0.304. The lowest BCUT2D eigenvalue weighted by Crippen LogP contribution is -2.48. The first-order chi connectivity index (χ1) is 10.2.